The Bertz CT molecular complexity index is 370. The number of unbranched alkanes of at least 4 members (excludes halogenated alkanes) is 1. The zero-order chi connectivity index (χ0) is 14.1. The monoisotopic (exact) mass is 267 g/mol. The highest BCUT2D eigenvalue weighted by atomic mass is 16.5. The highest BCUT2D eigenvalue weighted by Gasteiger charge is 2.06. The average Bonchev–Trinajstić information content (AvgIpc) is 2.37. The van der Waals surface area contributed by atoms with Crippen molar-refractivity contribution in [2.45, 2.75) is 40.2 Å². The molecule has 0 fully saturated rings. The Kier molecular flexibility index (Phi) is 7.18. The number of ether oxygens (including phenoxy) is 2. The molecule has 0 aliphatic rings. The molecule has 0 atom stereocenters. The van der Waals surface area contributed by atoms with Crippen LogP contribution in [0.5, 0.6) is 5.88 Å². The molecule has 0 saturated carbocycles. The van der Waals surface area contributed by atoms with Crippen LogP contribution in [0.2, 0.25) is 0 Å². The number of hydrogen-bond acceptors (Lipinski definition) is 5. The molecule has 0 aliphatic carbocycles. The molecule has 5 nitrogen and oxygen atoms in total. The van der Waals surface area contributed by atoms with Crippen molar-refractivity contribution in [2.24, 2.45) is 5.92 Å². The van der Waals surface area contributed by atoms with Crippen LogP contribution in [-0.4, -0.2) is 30.2 Å². The number of anilines is 1. The van der Waals surface area contributed by atoms with Crippen molar-refractivity contribution in [1.29, 1.82) is 0 Å². The van der Waals surface area contributed by atoms with Crippen LogP contribution in [0.15, 0.2) is 6.07 Å². The molecule has 108 valence electrons. The average molecular weight is 267 g/mol. The maximum atomic E-state index is 5.65. The van der Waals surface area contributed by atoms with E-state index in [0.29, 0.717) is 30.8 Å². The first-order chi connectivity index (χ1) is 9.15. The summed E-state index contributed by atoms with van der Waals surface area (Å²) in [5.41, 5.74) is 0. The molecule has 0 amide bonds. The molecule has 1 rings (SSSR count). The molecular formula is C14H25N3O2. The smallest absolute Gasteiger partial charge is 0.218 e. The van der Waals surface area contributed by atoms with Gasteiger partial charge in [0.2, 0.25) is 5.88 Å². The van der Waals surface area contributed by atoms with Crippen LogP contribution < -0.4 is 10.1 Å². The lowest BCUT2D eigenvalue weighted by Gasteiger charge is -2.11. The molecule has 5 heteroatoms. The Morgan fingerprint density at radius 1 is 1.32 bits per heavy atom. The quantitative estimate of drug-likeness (QED) is 0.697. The Morgan fingerprint density at radius 2 is 2.11 bits per heavy atom. The highest BCUT2D eigenvalue weighted by molar-refractivity contribution is 5.38. The molecule has 0 aliphatic heterocycles. The van der Waals surface area contributed by atoms with Crippen LogP contribution in [0.1, 0.15) is 39.4 Å². The third-order valence-electron chi connectivity index (χ3n) is 2.42. The standard InChI is InChI=1S/C14H25N3O2/c1-5-6-7-15-12-8-14(19-9-11(2)3)17-13(16-12)10-18-4/h8,11H,5-7,9-10H2,1-4H3,(H,15,16,17). The van der Waals surface area contributed by atoms with E-state index in [-0.39, 0.29) is 0 Å². The Morgan fingerprint density at radius 3 is 2.74 bits per heavy atom. The fourth-order valence-electron chi connectivity index (χ4n) is 1.48. The van der Waals surface area contributed by atoms with Crippen molar-refractivity contribution >= 4 is 5.82 Å². The summed E-state index contributed by atoms with van der Waals surface area (Å²) in [6.07, 6.45) is 2.27. The van der Waals surface area contributed by atoms with E-state index < -0.39 is 0 Å². The van der Waals surface area contributed by atoms with Gasteiger partial charge in [-0.3, -0.25) is 0 Å². The second kappa shape index (κ2) is 8.69. The summed E-state index contributed by atoms with van der Waals surface area (Å²) in [4.78, 5) is 8.72. The third-order valence-corrected chi connectivity index (χ3v) is 2.42. The minimum Gasteiger partial charge on any atom is -0.477 e. The highest BCUT2D eigenvalue weighted by Crippen LogP contribution is 2.15. The number of rotatable bonds is 9. The molecule has 0 unspecified atom stereocenters. The summed E-state index contributed by atoms with van der Waals surface area (Å²) in [5, 5.41) is 3.29. The van der Waals surface area contributed by atoms with Crippen LogP contribution in [0.25, 0.3) is 0 Å². The molecular weight excluding hydrogens is 242 g/mol. The van der Waals surface area contributed by atoms with E-state index >= 15 is 0 Å². The number of methoxy groups -OCH3 is 1. The summed E-state index contributed by atoms with van der Waals surface area (Å²) in [5.74, 6) is 2.52. The maximum absolute atomic E-state index is 5.65. The minimum atomic E-state index is 0.390. The zero-order valence-corrected chi connectivity index (χ0v) is 12.4. The molecule has 0 bridgehead atoms. The Balaban J connectivity index is 2.71. The van der Waals surface area contributed by atoms with Crippen molar-refractivity contribution in [3.8, 4) is 5.88 Å². The Hall–Kier alpha value is -1.36. The van der Waals surface area contributed by atoms with Crippen LogP contribution in [0, 0.1) is 5.92 Å². The summed E-state index contributed by atoms with van der Waals surface area (Å²) >= 11 is 0. The molecule has 0 radical (unpaired) electrons. The van der Waals surface area contributed by atoms with Crippen LogP contribution in [0.3, 0.4) is 0 Å². The number of nitrogens with one attached hydrogen (secondary N) is 1. The maximum Gasteiger partial charge on any atom is 0.218 e. The van der Waals surface area contributed by atoms with Gasteiger partial charge in [-0.15, -0.1) is 0 Å². The van der Waals surface area contributed by atoms with Gasteiger partial charge in [0.05, 0.1) is 6.61 Å². The molecule has 1 N–H and O–H groups in total. The largest absolute Gasteiger partial charge is 0.477 e. The molecule has 0 aromatic carbocycles. The second-order valence-electron chi connectivity index (χ2n) is 4.93. The van der Waals surface area contributed by atoms with Gasteiger partial charge in [0.1, 0.15) is 12.4 Å². The summed E-state index contributed by atoms with van der Waals surface area (Å²) < 4.78 is 10.7. The van der Waals surface area contributed by atoms with Crippen LogP contribution in [0.4, 0.5) is 5.82 Å². The topological polar surface area (TPSA) is 56.3 Å². The van der Waals surface area contributed by atoms with Gasteiger partial charge in [0.25, 0.3) is 0 Å². The lowest BCUT2D eigenvalue weighted by atomic mass is 10.2. The van der Waals surface area contributed by atoms with E-state index in [9.17, 15) is 0 Å². The number of hydrogen-bond donors (Lipinski definition) is 1. The van der Waals surface area contributed by atoms with E-state index in [1.807, 2.05) is 6.07 Å². The van der Waals surface area contributed by atoms with Crippen molar-refractivity contribution < 1.29 is 9.47 Å². The molecule has 1 aromatic rings. The van der Waals surface area contributed by atoms with Gasteiger partial charge in [0.15, 0.2) is 5.82 Å². The van der Waals surface area contributed by atoms with Gasteiger partial charge in [-0.2, -0.15) is 4.98 Å². The summed E-state index contributed by atoms with van der Waals surface area (Å²) in [6, 6.07) is 1.84. The van der Waals surface area contributed by atoms with Gasteiger partial charge in [0, 0.05) is 19.7 Å². The summed E-state index contributed by atoms with van der Waals surface area (Å²) in [6.45, 7) is 8.33. The van der Waals surface area contributed by atoms with Crippen molar-refractivity contribution in [1.82, 2.24) is 9.97 Å². The van der Waals surface area contributed by atoms with Gasteiger partial charge >= 0.3 is 0 Å². The van der Waals surface area contributed by atoms with Crippen LogP contribution >= 0.6 is 0 Å². The minimum absolute atomic E-state index is 0.390. The van der Waals surface area contributed by atoms with E-state index in [1.54, 1.807) is 7.11 Å². The van der Waals surface area contributed by atoms with Crippen molar-refractivity contribution in [2.75, 3.05) is 25.6 Å². The predicted octanol–water partition coefficient (Wildman–Crippen LogP) is 2.87. The first-order valence-electron chi connectivity index (χ1n) is 6.89. The number of nitrogens with zero attached hydrogens (tertiary/aromatic N) is 2. The molecule has 1 heterocycles. The van der Waals surface area contributed by atoms with Gasteiger partial charge < -0.3 is 14.8 Å². The molecule has 1 aromatic heterocycles. The zero-order valence-electron chi connectivity index (χ0n) is 12.4. The van der Waals surface area contributed by atoms with E-state index in [2.05, 4.69) is 36.1 Å². The van der Waals surface area contributed by atoms with E-state index in [0.717, 1.165) is 25.2 Å². The summed E-state index contributed by atoms with van der Waals surface area (Å²) in [7, 11) is 1.63. The van der Waals surface area contributed by atoms with E-state index in [4.69, 9.17) is 9.47 Å². The number of aromatic nitrogens is 2. The van der Waals surface area contributed by atoms with E-state index in [1.165, 1.54) is 0 Å². The third kappa shape index (κ3) is 6.38. The fraction of sp³-hybridized carbons (Fsp3) is 0.714. The van der Waals surface area contributed by atoms with Crippen molar-refractivity contribution in [3.05, 3.63) is 11.9 Å². The fourth-order valence-corrected chi connectivity index (χ4v) is 1.48. The molecule has 0 saturated heterocycles. The van der Waals surface area contributed by atoms with Gasteiger partial charge in [-0.25, -0.2) is 4.98 Å². The molecule has 19 heavy (non-hydrogen) atoms. The predicted molar refractivity (Wildman–Crippen MR) is 76.5 cm³/mol. The van der Waals surface area contributed by atoms with Crippen LogP contribution in [-0.2, 0) is 11.3 Å². The lowest BCUT2D eigenvalue weighted by molar-refractivity contribution is 0.175. The Labute approximate surface area is 115 Å². The first kappa shape index (κ1) is 15.7. The lowest BCUT2D eigenvalue weighted by Crippen LogP contribution is -2.10. The second-order valence-corrected chi connectivity index (χ2v) is 4.93. The normalized spacial score (nSPS) is 10.8. The SMILES string of the molecule is CCCCNc1cc(OCC(C)C)nc(COC)n1. The van der Waals surface area contributed by atoms with Gasteiger partial charge in [-0.05, 0) is 12.3 Å². The molecule has 0 spiro atoms. The van der Waals surface area contributed by atoms with Gasteiger partial charge in [-0.1, -0.05) is 27.2 Å². The first-order valence-corrected chi connectivity index (χ1v) is 6.89. The van der Waals surface area contributed by atoms with Crippen molar-refractivity contribution in [3.63, 3.8) is 0 Å².